The lowest BCUT2D eigenvalue weighted by Gasteiger charge is -2.22. The second-order valence-electron chi connectivity index (χ2n) is 20.5. The van der Waals surface area contributed by atoms with Crippen LogP contribution in [0.15, 0.2) is 121 Å². The molecule has 0 aliphatic heterocycles. The first kappa shape index (κ1) is 46.4. The van der Waals surface area contributed by atoms with Crippen LogP contribution < -0.4 is 0 Å². The predicted molar refractivity (Wildman–Crippen MR) is 300 cm³/mol. The Morgan fingerprint density at radius 3 is 0.515 bits per heavy atom. The van der Waals surface area contributed by atoms with Crippen molar-refractivity contribution in [3.8, 4) is 44.5 Å². The first-order valence-corrected chi connectivity index (χ1v) is 24.6. The normalized spacial score (nSPS) is 11.5. The van der Waals surface area contributed by atoms with Crippen molar-refractivity contribution in [2.45, 2.75) is 111 Å². The maximum atomic E-state index is 2.43. The van der Waals surface area contributed by atoms with Crippen LogP contribution in [-0.4, -0.2) is 0 Å². The topological polar surface area (TPSA) is 0 Å². The lowest BCUT2D eigenvalue weighted by molar-refractivity contribution is 1.27. The third-order valence-electron chi connectivity index (χ3n) is 16.1. The molecule has 10 aromatic carbocycles. The average molecular weight is 885 g/mol. The molecule has 0 amide bonds. The molecule has 0 heterocycles. The van der Waals surface area contributed by atoms with Gasteiger partial charge in [-0.3, -0.25) is 0 Å². The molecule has 0 spiro atoms. The van der Waals surface area contributed by atoms with E-state index in [1.54, 1.807) is 0 Å². The van der Waals surface area contributed by atoms with Crippen LogP contribution in [0.3, 0.4) is 0 Å². The van der Waals surface area contributed by atoms with Gasteiger partial charge in [0.25, 0.3) is 0 Å². The zero-order chi connectivity index (χ0) is 48.6. The molecule has 0 heteroatoms. The van der Waals surface area contributed by atoms with Crippen molar-refractivity contribution >= 4 is 43.1 Å². The number of rotatable bonds is 4. The Morgan fingerprint density at radius 1 is 0.176 bits per heavy atom. The zero-order valence-electron chi connectivity index (χ0n) is 43.5. The van der Waals surface area contributed by atoms with Crippen molar-refractivity contribution in [2.75, 3.05) is 0 Å². The Balaban J connectivity index is 0.000000171. The molecule has 0 bridgehead atoms. The van der Waals surface area contributed by atoms with Crippen LogP contribution in [-0.2, 0) is 0 Å². The van der Waals surface area contributed by atoms with E-state index in [2.05, 4.69) is 232 Å². The van der Waals surface area contributed by atoms with Gasteiger partial charge in [-0.1, -0.05) is 121 Å². The lowest BCUT2D eigenvalue weighted by Crippen LogP contribution is -1.97. The van der Waals surface area contributed by atoms with Gasteiger partial charge in [0.05, 0.1) is 0 Å². The number of benzene rings is 10. The fraction of sp³-hybridized carbons (Fsp3) is 0.235. The maximum Gasteiger partial charge on any atom is -0.00260 e. The third kappa shape index (κ3) is 7.92. The molecule has 10 aromatic rings. The maximum absolute atomic E-state index is 2.43. The van der Waals surface area contributed by atoms with Crippen LogP contribution in [0, 0.1) is 111 Å². The molecule has 0 saturated heterocycles. The van der Waals surface area contributed by atoms with Crippen LogP contribution in [0.1, 0.15) is 89.0 Å². The molecule has 0 nitrogen and oxygen atoms in total. The van der Waals surface area contributed by atoms with E-state index in [9.17, 15) is 0 Å². The van der Waals surface area contributed by atoms with E-state index in [1.165, 1.54) is 177 Å². The summed E-state index contributed by atoms with van der Waals surface area (Å²) in [5.74, 6) is 0. The molecule has 0 radical (unpaired) electrons. The molecule has 68 heavy (non-hydrogen) atoms. The highest BCUT2D eigenvalue weighted by molar-refractivity contribution is 6.23. The average Bonchev–Trinajstić information content (AvgIpc) is 3.30. The van der Waals surface area contributed by atoms with Gasteiger partial charge in [-0.25, -0.2) is 0 Å². The Labute approximate surface area is 406 Å². The molecule has 0 aliphatic rings. The molecule has 0 fully saturated rings. The number of fused-ring (bicyclic) bond motifs is 4. The highest BCUT2D eigenvalue weighted by atomic mass is 14.2. The van der Waals surface area contributed by atoms with E-state index in [0.29, 0.717) is 0 Å². The van der Waals surface area contributed by atoms with Gasteiger partial charge in [0.15, 0.2) is 0 Å². The molecule has 0 aliphatic carbocycles. The van der Waals surface area contributed by atoms with Crippen LogP contribution >= 0.6 is 0 Å². The van der Waals surface area contributed by atoms with E-state index >= 15 is 0 Å². The molecule has 0 atom stereocenters. The summed E-state index contributed by atoms with van der Waals surface area (Å²) >= 11 is 0. The first-order chi connectivity index (χ1) is 32.3. The number of hydrogen-bond donors (Lipinski definition) is 0. The standard InChI is InChI=1S/C36H38.C32H30/c1-19-15-31-32(16-20(19)2)36(30-13-25(7)28(10)26(8)14-30)34-18-22(4)21(3)17-33(34)35(31)29-11-23(5)27(9)24(6)12-29;1-19-15-25(16-20(2)23(19)5)31-27-11-7-9-13-29(27)32(30-14-10-8-12-28(30)31)26-17-21(3)24(6)22(4)18-26/h11-18H,1-10H3;7-18H,1-6H3. The van der Waals surface area contributed by atoms with Crippen molar-refractivity contribution in [2.24, 2.45) is 0 Å². The van der Waals surface area contributed by atoms with E-state index in [4.69, 9.17) is 0 Å². The molecular formula is C68H68. The minimum Gasteiger partial charge on any atom is -0.0616 e. The SMILES string of the molecule is Cc1cc(-c2c3ccccc3c(-c3cc(C)c(C)c(C)c3)c3ccccc23)cc(C)c1C.Cc1cc2c(-c3cc(C)c(C)c(C)c3)c3cc(C)c(C)cc3c(-c3cc(C)c(C)c(C)c3)c2cc1C. The summed E-state index contributed by atoms with van der Waals surface area (Å²) in [7, 11) is 0. The largest absolute Gasteiger partial charge is 0.0616 e. The van der Waals surface area contributed by atoms with Gasteiger partial charge in [0.2, 0.25) is 0 Å². The summed E-state index contributed by atoms with van der Waals surface area (Å²) < 4.78 is 0. The van der Waals surface area contributed by atoms with Gasteiger partial charge in [-0.15, -0.1) is 0 Å². The minimum atomic E-state index is 1.31. The van der Waals surface area contributed by atoms with Crippen LogP contribution in [0.4, 0.5) is 0 Å². The third-order valence-corrected chi connectivity index (χ3v) is 16.1. The van der Waals surface area contributed by atoms with E-state index in [-0.39, 0.29) is 0 Å². The minimum absolute atomic E-state index is 1.31. The second kappa shape index (κ2) is 17.7. The summed E-state index contributed by atoms with van der Waals surface area (Å²) in [5, 5.41) is 10.7. The second-order valence-corrected chi connectivity index (χ2v) is 20.5. The summed E-state index contributed by atoms with van der Waals surface area (Å²) in [6.07, 6.45) is 0. The summed E-state index contributed by atoms with van der Waals surface area (Å²) in [6.45, 7) is 35.8. The van der Waals surface area contributed by atoms with Crippen LogP contribution in [0.2, 0.25) is 0 Å². The smallest absolute Gasteiger partial charge is 0.00260 e. The Hall–Kier alpha value is -6.76. The van der Waals surface area contributed by atoms with Crippen molar-refractivity contribution in [3.05, 3.63) is 210 Å². The van der Waals surface area contributed by atoms with E-state index < -0.39 is 0 Å². The first-order valence-electron chi connectivity index (χ1n) is 24.6. The quantitative estimate of drug-likeness (QED) is 0.155. The molecule has 0 saturated carbocycles. The highest BCUT2D eigenvalue weighted by Crippen LogP contribution is 2.48. The fourth-order valence-electron chi connectivity index (χ4n) is 10.8. The summed E-state index contributed by atoms with van der Waals surface area (Å²) in [4.78, 5) is 0. The van der Waals surface area contributed by atoms with Gasteiger partial charge in [0, 0.05) is 0 Å². The van der Waals surface area contributed by atoms with Gasteiger partial charge >= 0.3 is 0 Å². The zero-order valence-corrected chi connectivity index (χ0v) is 43.5. The van der Waals surface area contributed by atoms with Gasteiger partial charge in [0.1, 0.15) is 0 Å². The summed E-state index contributed by atoms with van der Waals surface area (Å²) in [5.41, 5.74) is 32.4. The Morgan fingerprint density at radius 2 is 0.338 bits per heavy atom. The fourth-order valence-corrected chi connectivity index (χ4v) is 10.8. The predicted octanol–water partition coefficient (Wildman–Crippen LogP) is 19.6. The van der Waals surface area contributed by atoms with Crippen molar-refractivity contribution < 1.29 is 0 Å². The highest BCUT2D eigenvalue weighted by Gasteiger charge is 2.21. The number of aryl methyl sites for hydroxylation is 12. The van der Waals surface area contributed by atoms with Gasteiger partial charge in [-0.05, 0) is 287 Å². The van der Waals surface area contributed by atoms with E-state index in [1.807, 2.05) is 0 Å². The molecular weight excluding hydrogens is 817 g/mol. The monoisotopic (exact) mass is 885 g/mol. The lowest BCUT2D eigenvalue weighted by atomic mass is 9.82. The van der Waals surface area contributed by atoms with Crippen LogP contribution in [0.5, 0.6) is 0 Å². The number of hydrogen-bond acceptors (Lipinski definition) is 0. The molecule has 0 aromatic heterocycles. The summed E-state index contributed by atoms with van der Waals surface area (Å²) in [6, 6.07) is 46.5. The van der Waals surface area contributed by atoms with Gasteiger partial charge < -0.3 is 0 Å². The van der Waals surface area contributed by atoms with Gasteiger partial charge in [-0.2, -0.15) is 0 Å². The van der Waals surface area contributed by atoms with Crippen molar-refractivity contribution in [3.63, 3.8) is 0 Å². The molecule has 0 N–H and O–H groups in total. The Kier molecular flexibility index (Phi) is 12.1. The van der Waals surface area contributed by atoms with E-state index in [0.717, 1.165) is 0 Å². The molecule has 10 rings (SSSR count). The molecule has 340 valence electrons. The Bertz CT molecular complexity index is 3250. The molecule has 0 unspecified atom stereocenters. The van der Waals surface area contributed by atoms with Crippen molar-refractivity contribution in [1.29, 1.82) is 0 Å². The van der Waals surface area contributed by atoms with Crippen LogP contribution in [0.25, 0.3) is 87.6 Å². The van der Waals surface area contributed by atoms with Crippen molar-refractivity contribution in [1.82, 2.24) is 0 Å².